The molecule has 2 nitrogen and oxygen atoms in total. The van der Waals surface area contributed by atoms with Crippen molar-refractivity contribution in [1.29, 1.82) is 0 Å². The Labute approximate surface area is 127 Å². The maximum atomic E-state index is 9.82. The predicted octanol–water partition coefficient (Wildman–Crippen LogP) is 5.22. The van der Waals surface area contributed by atoms with Crippen LogP contribution >= 0.6 is 0 Å². The molecule has 0 amide bonds. The van der Waals surface area contributed by atoms with E-state index in [-0.39, 0.29) is 5.41 Å². The summed E-state index contributed by atoms with van der Waals surface area (Å²) in [4.78, 5) is 0. The van der Waals surface area contributed by atoms with Crippen LogP contribution in [0.15, 0.2) is 48.5 Å². The average Bonchev–Trinajstić information content (AvgIpc) is 2.47. The van der Waals surface area contributed by atoms with E-state index in [1.807, 2.05) is 49.4 Å². The van der Waals surface area contributed by atoms with Crippen molar-refractivity contribution >= 4 is 0 Å². The van der Waals surface area contributed by atoms with E-state index in [1.54, 1.807) is 0 Å². The van der Waals surface area contributed by atoms with Crippen molar-refractivity contribution in [3.63, 3.8) is 0 Å². The normalized spacial score (nSPS) is 13.0. The summed E-state index contributed by atoms with van der Waals surface area (Å²) in [5.74, 6) is 1.67. The molecule has 0 saturated carbocycles. The third-order valence-corrected chi connectivity index (χ3v) is 3.57. The van der Waals surface area contributed by atoms with E-state index in [0.29, 0.717) is 6.42 Å². The number of rotatable bonds is 4. The Morgan fingerprint density at radius 2 is 1.62 bits per heavy atom. The fraction of sp³-hybridized carbons (Fsp3) is 0.368. The zero-order valence-electron chi connectivity index (χ0n) is 13.3. The molecule has 0 bridgehead atoms. The Morgan fingerprint density at radius 3 is 2.19 bits per heavy atom. The lowest BCUT2D eigenvalue weighted by Crippen LogP contribution is -2.12. The maximum absolute atomic E-state index is 9.82. The van der Waals surface area contributed by atoms with Gasteiger partial charge in [-0.3, -0.25) is 0 Å². The zero-order chi connectivity index (χ0) is 15.5. The lowest BCUT2D eigenvalue weighted by atomic mass is 9.86. The molecule has 0 fully saturated rings. The van der Waals surface area contributed by atoms with Crippen LogP contribution in [0.25, 0.3) is 0 Å². The highest BCUT2D eigenvalue weighted by Crippen LogP contribution is 2.34. The molecule has 2 rings (SSSR count). The zero-order valence-corrected chi connectivity index (χ0v) is 13.3. The van der Waals surface area contributed by atoms with E-state index in [1.165, 1.54) is 5.56 Å². The van der Waals surface area contributed by atoms with Gasteiger partial charge < -0.3 is 9.84 Å². The lowest BCUT2D eigenvalue weighted by molar-refractivity contribution is 0.173. The predicted molar refractivity (Wildman–Crippen MR) is 86.9 cm³/mol. The Kier molecular flexibility index (Phi) is 4.69. The third-order valence-electron chi connectivity index (χ3n) is 3.57. The van der Waals surface area contributed by atoms with Gasteiger partial charge in [-0.25, -0.2) is 0 Å². The van der Waals surface area contributed by atoms with Gasteiger partial charge >= 0.3 is 0 Å². The molecule has 0 saturated heterocycles. The molecule has 0 aliphatic rings. The van der Waals surface area contributed by atoms with Crippen molar-refractivity contribution in [2.45, 2.75) is 45.6 Å². The minimum absolute atomic E-state index is 0.0366. The molecule has 0 aliphatic heterocycles. The van der Waals surface area contributed by atoms with Crippen LogP contribution in [-0.4, -0.2) is 5.11 Å². The van der Waals surface area contributed by atoms with Gasteiger partial charge in [-0.2, -0.15) is 0 Å². The van der Waals surface area contributed by atoms with Crippen molar-refractivity contribution in [3.8, 4) is 11.5 Å². The minimum Gasteiger partial charge on any atom is -0.457 e. The molecule has 1 atom stereocenters. The second kappa shape index (κ2) is 6.31. The van der Waals surface area contributed by atoms with Crippen LogP contribution in [0.4, 0.5) is 0 Å². The smallest absolute Gasteiger partial charge is 0.131 e. The molecule has 2 aromatic rings. The molecule has 21 heavy (non-hydrogen) atoms. The topological polar surface area (TPSA) is 29.5 Å². The average molecular weight is 284 g/mol. The third kappa shape index (κ3) is 3.85. The summed E-state index contributed by atoms with van der Waals surface area (Å²) in [5.41, 5.74) is 2.14. The Bertz CT molecular complexity index is 579. The van der Waals surface area contributed by atoms with Crippen molar-refractivity contribution in [2.24, 2.45) is 0 Å². The summed E-state index contributed by atoms with van der Waals surface area (Å²) < 4.78 is 6.02. The Morgan fingerprint density at radius 1 is 1.00 bits per heavy atom. The number of hydrogen-bond acceptors (Lipinski definition) is 2. The van der Waals surface area contributed by atoms with E-state index in [4.69, 9.17) is 4.74 Å². The number of hydrogen-bond donors (Lipinski definition) is 1. The van der Waals surface area contributed by atoms with E-state index >= 15 is 0 Å². The molecule has 0 radical (unpaired) electrons. The van der Waals surface area contributed by atoms with Gasteiger partial charge in [0.1, 0.15) is 11.5 Å². The molecule has 0 aromatic heterocycles. The van der Waals surface area contributed by atoms with Crippen LogP contribution in [-0.2, 0) is 5.41 Å². The number of aliphatic hydroxyl groups excluding tert-OH is 1. The number of aliphatic hydroxyl groups is 1. The minimum atomic E-state index is -0.402. The van der Waals surface area contributed by atoms with Crippen LogP contribution in [0, 0.1) is 0 Å². The monoisotopic (exact) mass is 284 g/mol. The van der Waals surface area contributed by atoms with Gasteiger partial charge in [-0.15, -0.1) is 0 Å². The number of para-hydroxylation sites is 1. The standard InChI is InChI=1S/C19H24O2/c1-5-17(20)14-10-12-15(13-11-14)21-18-9-7-6-8-16(18)19(2,3)4/h6-13,17,20H,5H2,1-4H3/t17-/m1/s1. The highest BCUT2D eigenvalue weighted by molar-refractivity contribution is 5.42. The Balaban J connectivity index is 2.23. The van der Waals surface area contributed by atoms with Crippen LogP contribution in [0.3, 0.4) is 0 Å². The quantitative estimate of drug-likeness (QED) is 0.834. The Hall–Kier alpha value is -1.80. The van der Waals surface area contributed by atoms with Gasteiger partial charge in [-0.05, 0) is 35.6 Å². The first kappa shape index (κ1) is 15.6. The summed E-state index contributed by atoms with van der Waals surface area (Å²) >= 11 is 0. The summed E-state index contributed by atoms with van der Waals surface area (Å²) in [7, 11) is 0. The molecule has 0 aliphatic carbocycles. The van der Waals surface area contributed by atoms with Gasteiger partial charge in [0, 0.05) is 5.56 Å². The molecule has 0 unspecified atom stereocenters. The first-order valence-electron chi connectivity index (χ1n) is 7.47. The van der Waals surface area contributed by atoms with Crippen LogP contribution in [0.1, 0.15) is 51.3 Å². The molecule has 0 heterocycles. The second-order valence-corrected chi connectivity index (χ2v) is 6.34. The number of ether oxygens (including phenoxy) is 1. The van der Waals surface area contributed by atoms with Gasteiger partial charge in [0.05, 0.1) is 6.10 Å². The van der Waals surface area contributed by atoms with Crippen molar-refractivity contribution in [3.05, 3.63) is 59.7 Å². The molecule has 2 heteroatoms. The molecule has 0 spiro atoms. The SMILES string of the molecule is CC[C@@H](O)c1ccc(Oc2ccccc2C(C)(C)C)cc1. The molecule has 2 aromatic carbocycles. The van der Waals surface area contributed by atoms with E-state index in [2.05, 4.69) is 26.8 Å². The largest absolute Gasteiger partial charge is 0.457 e. The highest BCUT2D eigenvalue weighted by Gasteiger charge is 2.18. The van der Waals surface area contributed by atoms with E-state index < -0.39 is 6.10 Å². The highest BCUT2D eigenvalue weighted by atomic mass is 16.5. The summed E-state index contributed by atoms with van der Waals surface area (Å²) in [5, 5.41) is 9.82. The maximum Gasteiger partial charge on any atom is 0.131 e. The van der Waals surface area contributed by atoms with Gasteiger partial charge in [0.2, 0.25) is 0 Å². The van der Waals surface area contributed by atoms with Gasteiger partial charge in [0.25, 0.3) is 0 Å². The second-order valence-electron chi connectivity index (χ2n) is 6.34. The van der Waals surface area contributed by atoms with E-state index in [9.17, 15) is 5.11 Å². The van der Waals surface area contributed by atoms with E-state index in [0.717, 1.165) is 17.1 Å². The van der Waals surface area contributed by atoms with Gasteiger partial charge in [0.15, 0.2) is 0 Å². The fourth-order valence-corrected chi connectivity index (χ4v) is 2.30. The van der Waals surface area contributed by atoms with Crippen molar-refractivity contribution in [1.82, 2.24) is 0 Å². The molecule has 112 valence electrons. The molecular weight excluding hydrogens is 260 g/mol. The summed E-state index contributed by atoms with van der Waals surface area (Å²) in [6.07, 6.45) is 0.313. The molecular formula is C19H24O2. The lowest BCUT2D eigenvalue weighted by Gasteiger charge is -2.22. The fourth-order valence-electron chi connectivity index (χ4n) is 2.30. The van der Waals surface area contributed by atoms with Crippen LogP contribution in [0.5, 0.6) is 11.5 Å². The van der Waals surface area contributed by atoms with Crippen LogP contribution < -0.4 is 4.74 Å². The van der Waals surface area contributed by atoms with Crippen LogP contribution in [0.2, 0.25) is 0 Å². The number of benzene rings is 2. The first-order valence-corrected chi connectivity index (χ1v) is 7.47. The first-order chi connectivity index (χ1) is 9.91. The van der Waals surface area contributed by atoms with Crippen molar-refractivity contribution in [2.75, 3.05) is 0 Å². The molecule has 1 N–H and O–H groups in total. The van der Waals surface area contributed by atoms with Gasteiger partial charge in [-0.1, -0.05) is 58.0 Å². The van der Waals surface area contributed by atoms with Crippen molar-refractivity contribution < 1.29 is 9.84 Å². The summed E-state index contributed by atoms with van der Waals surface area (Å²) in [6, 6.07) is 15.8. The summed E-state index contributed by atoms with van der Waals surface area (Å²) in [6.45, 7) is 8.50.